The first-order valence-corrected chi connectivity index (χ1v) is 5.64. The van der Waals surface area contributed by atoms with Gasteiger partial charge in [0.05, 0.1) is 0 Å². The van der Waals surface area contributed by atoms with Crippen molar-refractivity contribution >= 4 is 5.91 Å². The molecule has 0 radical (unpaired) electrons. The Hall–Kier alpha value is -0.530. The first-order chi connectivity index (χ1) is 6.36. The average molecular weight is 181 g/mol. The van der Waals surface area contributed by atoms with E-state index >= 15 is 0 Å². The van der Waals surface area contributed by atoms with Crippen LogP contribution in [-0.4, -0.2) is 23.9 Å². The summed E-state index contributed by atoms with van der Waals surface area (Å²) in [6, 6.07) is 0. The van der Waals surface area contributed by atoms with Gasteiger partial charge in [-0.3, -0.25) is 4.79 Å². The molecule has 1 saturated heterocycles. The molecule has 0 aromatic rings. The Balaban J connectivity index is 1.76. The van der Waals surface area contributed by atoms with Crippen LogP contribution in [-0.2, 0) is 4.79 Å². The molecule has 2 rings (SSSR count). The molecule has 1 aliphatic carbocycles. The summed E-state index contributed by atoms with van der Waals surface area (Å²) in [6.07, 6.45) is 8.54. The third-order valence-corrected chi connectivity index (χ3v) is 3.40. The van der Waals surface area contributed by atoms with Crippen LogP contribution in [0, 0.1) is 5.92 Å². The van der Waals surface area contributed by atoms with Gasteiger partial charge < -0.3 is 4.90 Å². The second-order valence-electron chi connectivity index (χ2n) is 4.44. The Morgan fingerprint density at radius 2 is 1.69 bits per heavy atom. The van der Waals surface area contributed by atoms with Gasteiger partial charge in [0.25, 0.3) is 0 Å². The van der Waals surface area contributed by atoms with E-state index in [9.17, 15) is 4.79 Å². The molecular formula is C11H19NO. The Labute approximate surface area is 80.3 Å². The van der Waals surface area contributed by atoms with E-state index in [1.165, 1.54) is 38.5 Å². The maximum Gasteiger partial charge on any atom is 0.222 e. The van der Waals surface area contributed by atoms with Crippen LogP contribution in [0.4, 0.5) is 0 Å². The molecule has 0 atom stereocenters. The summed E-state index contributed by atoms with van der Waals surface area (Å²) < 4.78 is 0. The first kappa shape index (κ1) is 9.04. The van der Waals surface area contributed by atoms with Crippen molar-refractivity contribution < 1.29 is 4.79 Å². The van der Waals surface area contributed by atoms with Crippen molar-refractivity contribution in [2.75, 3.05) is 13.1 Å². The second-order valence-corrected chi connectivity index (χ2v) is 4.44. The van der Waals surface area contributed by atoms with E-state index in [1.54, 1.807) is 0 Å². The van der Waals surface area contributed by atoms with Crippen molar-refractivity contribution in [2.24, 2.45) is 5.92 Å². The molecule has 13 heavy (non-hydrogen) atoms. The molecule has 0 unspecified atom stereocenters. The molecule has 2 nitrogen and oxygen atoms in total. The quantitative estimate of drug-likeness (QED) is 0.639. The summed E-state index contributed by atoms with van der Waals surface area (Å²) in [5.41, 5.74) is 0. The van der Waals surface area contributed by atoms with Gasteiger partial charge in [-0.15, -0.1) is 0 Å². The summed E-state index contributed by atoms with van der Waals surface area (Å²) in [5.74, 6) is 1.14. The van der Waals surface area contributed by atoms with E-state index in [2.05, 4.69) is 4.90 Å². The normalized spacial score (nSPS) is 24.2. The average Bonchev–Trinajstić information content (AvgIpc) is 2.74. The number of carbonyl (C=O) groups excluding carboxylic acids is 1. The number of hydrogen-bond acceptors (Lipinski definition) is 1. The fourth-order valence-electron chi connectivity index (χ4n) is 2.56. The Morgan fingerprint density at radius 1 is 1.08 bits per heavy atom. The Kier molecular flexibility index (Phi) is 2.87. The summed E-state index contributed by atoms with van der Waals surface area (Å²) in [4.78, 5) is 13.8. The van der Waals surface area contributed by atoms with Gasteiger partial charge in [-0.25, -0.2) is 0 Å². The van der Waals surface area contributed by atoms with E-state index in [4.69, 9.17) is 0 Å². The monoisotopic (exact) mass is 181 g/mol. The summed E-state index contributed by atoms with van der Waals surface area (Å²) in [5, 5.41) is 0. The molecule has 2 heteroatoms. The highest BCUT2D eigenvalue weighted by Crippen LogP contribution is 2.28. The molecule has 0 spiro atoms. The van der Waals surface area contributed by atoms with Gasteiger partial charge in [-0.1, -0.05) is 12.8 Å². The minimum atomic E-state index is 0.421. The van der Waals surface area contributed by atoms with E-state index in [1.807, 2.05) is 0 Å². The highest BCUT2D eigenvalue weighted by molar-refractivity contribution is 5.76. The molecule has 74 valence electrons. The lowest BCUT2D eigenvalue weighted by Gasteiger charge is -2.17. The predicted octanol–water partition coefficient (Wildman–Crippen LogP) is 2.19. The maximum atomic E-state index is 11.7. The summed E-state index contributed by atoms with van der Waals surface area (Å²) in [6.45, 7) is 2.04. The lowest BCUT2D eigenvalue weighted by Crippen LogP contribution is -2.28. The lowest BCUT2D eigenvalue weighted by atomic mass is 10.0. The van der Waals surface area contributed by atoms with Crippen LogP contribution >= 0.6 is 0 Å². The smallest absolute Gasteiger partial charge is 0.222 e. The van der Waals surface area contributed by atoms with Crippen LogP contribution in [0.1, 0.15) is 44.9 Å². The molecular weight excluding hydrogens is 162 g/mol. The van der Waals surface area contributed by atoms with Crippen molar-refractivity contribution in [3.05, 3.63) is 0 Å². The molecule has 1 saturated carbocycles. The summed E-state index contributed by atoms with van der Waals surface area (Å²) >= 11 is 0. The fourth-order valence-corrected chi connectivity index (χ4v) is 2.56. The molecule has 2 fully saturated rings. The zero-order valence-electron chi connectivity index (χ0n) is 8.30. The molecule has 1 amide bonds. The second kappa shape index (κ2) is 4.12. The van der Waals surface area contributed by atoms with Gasteiger partial charge in [0.2, 0.25) is 5.91 Å². The lowest BCUT2D eigenvalue weighted by molar-refractivity contribution is -0.131. The van der Waals surface area contributed by atoms with Crippen molar-refractivity contribution in [3.63, 3.8) is 0 Å². The van der Waals surface area contributed by atoms with Gasteiger partial charge in [-0.05, 0) is 31.6 Å². The first-order valence-electron chi connectivity index (χ1n) is 5.64. The van der Waals surface area contributed by atoms with Crippen molar-refractivity contribution in [1.82, 2.24) is 4.90 Å². The van der Waals surface area contributed by atoms with Gasteiger partial charge in [0, 0.05) is 19.5 Å². The SMILES string of the molecule is O=C(CC1CCCC1)N1CCCC1. The Bertz CT molecular complexity index is 179. The number of amides is 1. The minimum absolute atomic E-state index is 0.421. The molecule has 1 heterocycles. The van der Waals surface area contributed by atoms with E-state index in [-0.39, 0.29) is 0 Å². The van der Waals surface area contributed by atoms with E-state index in [0.717, 1.165) is 19.5 Å². The number of likely N-dealkylation sites (tertiary alicyclic amines) is 1. The highest BCUT2D eigenvalue weighted by atomic mass is 16.2. The van der Waals surface area contributed by atoms with Crippen molar-refractivity contribution in [3.8, 4) is 0 Å². The molecule has 2 aliphatic rings. The minimum Gasteiger partial charge on any atom is -0.343 e. The van der Waals surface area contributed by atoms with Crippen LogP contribution in [0.3, 0.4) is 0 Å². The third-order valence-electron chi connectivity index (χ3n) is 3.40. The van der Waals surface area contributed by atoms with Crippen molar-refractivity contribution in [1.29, 1.82) is 0 Å². The standard InChI is InChI=1S/C11H19NO/c13-11(12-7-3-4-8-12)9-10-5-1-2-6-10/h10H,1-9H2. The van der Waals surface area contributed by atoms with Crippen LogP contribution in [0.15, 0.2) is 0 Å². The third kappa shape index (κ3) is 2.23. The summed E-state index contributed by atoms with van der Waals surface area (Å²) in [7, 11) is 0. The van der Waals surface area contributed by atoms with E-state index in [0.29, 0.717) is 11.8 Å². The zero-order valence-corrected chi connectivity index (χ0v) is 8.30. The Morgan fingerprint density at radius 3 is 2.31 bits per heavy atom. The zero-order chi connectivity index (χ0) is 9.10. The topological polar surface area (TPSA) is 20.3 Å². The molecule has 1 aliphatic heterocycles. The van der Waals surface area contributed by atoms with E-state index < -0.39 is 0 Å². The van der Waals surface area contributed by atoms with Crippen LogP contribution in [0.5, 0.6) is 0 Å². The molecule has 0 aromatic heterocycles. The number of rotatable bonds is 2. The largest absolute Gasteiger partial charge is 0.343 e. The maximum absolute atomic E-state index is 11.7. The number of carbonyl (C=O) groups is 1. The number of nitrogens with zero attached hydrogens (tertiary/aromatic N) is 1. The molecule has 0 bridgehead atoms. The van der Waals surface area contributed by atoms with Crippen molar-refractivity contribution in [2.45, 2.75) is 44.9 Å². The van der Waals surface area contributed by atoms with Crippen LogP contribution < -0.4 is 0 Å². The fraction of sp³-hybridized carbons (Fsp3) is 0.909. The molecule has 0 aromatic carbocycles. The predicted molar refractivity (Wildman–Crippen MR) is 52.4 cm³/mol. The molecule has 0 N–H and O–H groups in total. The highest BCUT2D eigenvalue weighted by Gasteiger charge is 2.23. The van der Waals surface area contributed by atoms with Gasteiger partial charge >= 0.3 is 0 Å². The van der Waals surface area contributed by atoms with Gasteiger partial charge in [0.1, 0.15) is 0 Å². The van der Waals surface area contributed by atoms with Gasteiger partial charge in [0.15, 0.2) is 0 Å². The number of hydrogen-bond donors (Lipinski definition) is 0. The van der Waals surface area contributed by atoms with Crippen LogP contribution in [0.25, 0.3) is 0 Å². The van der Waals surface area contributed by atoms with Gasteiger partial charge in [-0.2, -0.15) is 0 Å². The van der Waals surface area contributed by atoms with Crippen LogP contribution in [0.2, 0.25) is 0 Å².